The zero-order valence-electron chi connectivity index (χ0n) is 26.8. The van der Waals surface area contributed by atoms with E-state index in [0.717, 1.165) is 0 Å². The molecule has 0 spiro atoms. The third-order valence-corrected chi connectivity index (χ3v) is 14.0. The lowest BCUT2D eigenvalue weighted by Crippen LogP contribution is -2.46. The van der Waals surface area contributed by atoms with E-state index >= 15 is 26.3 Å². The average Bonchev–Trinajstić information content (AvgIpc) is 3.41. The molecule has 0 aromatic heterocycles. The zero-order chi connectivity index (χ0) is 37.8. The summed E-state index contributed by atoms with van der Waals surface area (Å²) >= 11 is 0. The number of hydrogen-bond donors (Lipinski definition) is 0. The van der Waals surface area contributed by atoms with Gasteiger partial charge in [-0.2, -0.15) is 0 Å². The van der Waals surface area contributed by atoms with Gasteiger partial charge in [-0.15, -0.1) is 0 Å². The molecule has 50 heavy (non-hydrogen) atoms. The number of rotatable bonds is 5. The molecule has 0 saturated carbocycles. The van der Waals surface area contributed by atoms with Crippen LogP contribution in [0.15, 0.2) is 10.8 Å². The van der Waals surface area contributed by atoms with E-state index in [1.54, 1.807) is 19.6 Å². The molecule has 0 radical (unpaired) electrons. The zero-order valence-corrected chi connectivity index (χ0v) is 28.8. The first kappa shape index (κ1) is 37.8. The van der Waals surface area contributed by atoms with Crippen LogP contribution >= 0.6 is 0 Å². The van der Waals surface area contributed by atoms with E-state index in [9.17, 15) is 39.5 Å². The Morgan fingerprint density at radius 3 is 1.14 bits per heavy atom. The fraction of sp³-hybridized carbons (Fsp3) is 0.312. The summed E-state index contributed by atoms with van der Waals surface area (Å²) in [6.45, 7) is 6.68. The summed E-state index contributed by atoms with van der Waals surface area (Å²) in [5, 5.41) is -0.481. The van der Waals surface area contributed by atoms with Gasteiger partial charge in [-0.05, 0) is 29.0 Å². The third-order valence-electron chi connectivity index (χ3n) is 9.32. The summed E-state index contributed by atoms with van der Waals surface area (Å²) in [5.74, 6) is -38.4. The van der Waals surface area contributed by atoms with Gasteiger partial charge in [0.25, 0.3) is 0 Å². The minimum Gasteiger partial charge on any atom is -0.204 e. The van der Waals surface area contributed by atoms with Crippen LogP contribution in [0.4, 0.5) is 65.9 Å². The molecule has 0 amide bonds. The molecule has 1 aliphatic heterocycles. The van der Waals surface area contributed by atoms with Crippen molar-refractivity contribution in [1.29, 1.82) is 0 Å². The second-order valence-electron chi connectivity index (χ2n) is 14.4. The molecule has 0 bridgehead atoms. The van der Waals surface area contributed by atoms with Crippen molar-refractivity contribution in [2.24, 2.45) is 5.92 Å². The maximum absolute atomic E-state index is 15.8. The minimum atomic E-state index is -3.61. The van der Waals surface area contributed by atoms with Gasteiger partial charge in [-0.3, -0.25) is 0 Å². The topological polar surface area (TPSA) is 0 Å². The van der Waals surface area contributed by atoms with E-state index in [0.29, 0.717) is 0 Å². The normalized spacial score (nSPS) is 18.5. The Balaban J connectivity index is 2.13. The van der Waals surface area contributed by atoms with E-state index < -0.39 is 161 Å². The highest BCUT2D eigenvalue weighted by molar-refractivity contribution is 6.96. The Bertz CT molecular complexity index is 1970. The molecule has 2 atom stereocenters. The molecule has 3 aromatic carbocycles. The van der Waals surface area contributed by atoms with Gasteiger partial charge in [0.1, 0.15) is 0 Å². The molecule has 0 nitrogen and oxygen atoms in total. The van der Waals surface area contributed by atoms with Gasteiger partial charge in [0, 0.05) is 11.0 Å². The molecule has 0 fully saturated rings. The second-order valence-corrected chi connectivity index (χ2v) is 24.8. The van der Waals surface area contributed by atoms with Gasteiger partial charge in [-0.25, -0.2) is 65.9 Å². The molecule has 0 N–H and O–H groups in total. The number of fused-ring (bicyclic) bond motifs is 1. The number of allylic oxidation sites excluding steroid dienone is 3. The summed E-state index contributed by atoms with van der Waals surface area (Å²) in [6, 6.07) is 0. The molecule has 268 valence electrons. The molecule has 3 aromatic rings. The Morgan fingerprint density at radius 2 is 0.780 bits per heavy atom. The Labute approximate surface area is 277 Å². The van der Waals surface area contributed by atoms with Gasteiger partial charge in [-0.1, -0.05) is 56.3 Å². The molecule has 0 unspecified atom stereocenters. The van der Waals surface area contributed by atoms with Crippen LogP contribution in [0, 0.1) is 93.2 Å². The van der Waals surface area contributed by atoms with Crippen LogP contribution < -0.4 is 5.46 Å². The number of halogens is 15. The average molecular weight is 760 g/mol. The first-order chi connectivity index (χ1) is 22.9. The minimum absolute atomic E-state index is 0.260. The van der Waals surface area contributed by atoms with E-state index in [1.165, 1.54) is 19.6 Å². The van der Waals surface area contributed by atoms with Crippen molar-refractivity contribution in [3.63, 3.8) is 0 Å². The van der Waals surface area contributed by atoms with Crippen molar-refractivity contribution in [2.75, 3.05) is 0 Å². The Kier molecular flexibility index (Phi) is 9.36. The van der Waals surface area contributed by atoms with Gasteiger partial charge < -0.3 is 0 Å². The monoisotopic (exact) mass is 760 g/mol. The fourth-order valence-corrected chi connectivity index (χ4v) is 11.7. The molecule has 18 heteroatoms. The standard InChI is InChI=1S/C32H24BF15Si2/c1-49(2,3)10-7-9-8-33(16-21(38)27(44)31(48)28(45)22(16)39)15(14-19(36)25(42)30(47)26(43)20(14)37)32(50(4,5)6)11(9)12(10)13-17(34)23(40)29(46)24(41)18(13)35/h9-10H,7-8H2,1-6H3/t9-,10-/m0/s1. The molecular weight excluding hydrogens is 736 g/mol. The molecule has 2 aliphatic rings. The lowest BCUT2D eigenvalue weighted by atomic mass is 9.33. The third kappa shape index (κ3) is 5.46. The van der Waals surface area contributed by atoms with Crippen LogP contribution in [0.25, 0.3) is 11.0 Å². The van der Waals surface area contributed by atoms with Crippen LogP contribution in [-0.4, -0.2) is 22.9 Å². The Morgan fingerprint density at radius 1 is 0.440 bits per heavy atom. The van der Waals surface area contributed by atoms with E-state index in [4.69, 9.17) is 0 Å². The van der Waals surface area contributed by atoms with Gasteiger partial charge in [0.05, 0.1) is 21.7 Å². The molecular formula is C32H24BF15Si2. The largest absolute Gasteiger partial charge is 0.218 e. The predicted octanol–water partition coefficient (Wildman–Crippen LogP) is 10.5. The molecule has 5 rings (SSSR count). The van der Waals surface area contributed by atoms with Crippen LogP contribution in [0.1, 0.15) is 17.5 Å². The number of benzene rings is 3. The maximum atomic E-state index is 15.8. The van der Waals surface area contributed by atoms with E-state index in [1.807, 2.05) is 0 Å². The highest BCUT2D eigenvalue weighted by Gasteiger charge is 2.53. The van der Waals surface area contributed by atoms with Crippen molar-refractivity contribution < 1.29 is 65.9 Å². The highest BCUT2D eigenvalue weighted by Crippen LogP contribution is 2.60. The first-order valence-electron chi connectivity index (χ1n) is 14.9. The SMILES string of the molecule is C[Si](C)(C)C1=C(c2c(F)c(F)c(F)c(F)c2F)B(c2c(F)c(F)c(F)c(F)c2F)C[C@@H]2C[C@H]([Si](C)(C)C)C(c3c(F)c(F)c(F)c(F)c3F)=C12. The Hall–Kier alpha value is -3.41. The van der Waals surface area contributed by atoms with E-state index in [2.05, 4.69) is 0 Å². The van der Waals surface area contributed by atoms with Gasteiger partial charge in [0.15, 0.2) is 75.6 Å². The summed E-state index contributed by atoms with van der Waals surface area (Å²) in [7, 11) is -6.52. The van der Waals surface area contributed by atoms with Gasteiger partial charge >= 0.3 is 0 Å². The van der Waals surface area contributed by atoms with Crippen LogP contribution in [0.3, 0.4) is 0 Å². The van der Waals surface area contributed by atoms with Crippen LogP contribution in [0.5, 0.6) is 0 Å². The fourth-order valence-electron chi connectivity index (χ4n) is 7.28. The number of hydrogen-bond acceptors (Lipinski definition) is 0. The molecule has 1 aliphatic carbocycles. The predicted molar refractivity (Wildman–Crippen MR) is 161 cm³/mol. The van der Waals surface area contributed by atoms with E-state index in [-0.39, 0.29) is 12.0 Å². The highest BCUT2D eigenvalue weighted by atomic mass is 28.3. The van der Waals surface area contributed by atoms with Crippen LogP contribution in [-0.2, 0) is 0 Å². The first-order valence-corrected chi connectivity index (χ1v) is 22.0. The van der Waals surface area contributed by atoms with Crippen molar-refractivity contribution >= 4 is 39.4 Å². The van der Waals surface area contributed by atoms with Crippen molar-refractivity contribution in [3.05, 3.63) is 109 Å². The van der Waals surface area contributed by atoms with Crippen LogP contribution in [0.2, 0.25) is 51.1 Å². The molecule has 1 heterocycles. The van der Waals surface area contributed by atoms with Crippen molar-refractivity contribution in [1.82, 2.24) is 0 Å². The quantitative estimate of drug-likeness (QED) is 0.105. The van der Waals surface area contributed by atoms with Crippen molar-refractivity contribution in [2.45, 2.75) is 57.6 Å². The molecule has 0 saturated heterocycles. The lowest BCUT2D eigenvalue weighted by molar-refractivity contribution is 0.376. The summed E-state index contributed by atoms with van der Waals surface area (Å²) < 4.78 is 225. The summed E-state index contributed by atoms with van der Waals surface area (Å²) in [4.78, 5) is 0. The smallest absolute Gasteiger partial charge is 0.204 e. The van der Waals surface area contributed by atoms with Crippen molar-refractivity contribution in [3.8, 4) is 0 Å². The summed E-state index contributed by atoms with van der Waals surface area (Å²) in [6.07, 6.45) is -1.15. The maximum Gasteiger partial charge on any atom is 0.218 e. The van der Waals surface area contributed by atoms with Gasteiger partial charge in [0.2, 0.25) is 18.3 Å². The second kappa shape index (κ2) is 12.4. The summed E-state index contributed by atoms with van der Waals surface area (Å²) in [5.41, 5.74) is -7.97. The lowest BCUT2D eigenvalue weighted by Gasteiger charge is -2.39.